The molecular formula is C15H17N3O2. The Kier molecular flexibility index (Phi) is 4.20. The standard InChI is InChI=1S/C15H17N3O2/c1-10-7-12(5-6-17-10)15(19)18-9-11-3-4-14(20-2)13(16)8-11/h3-8H,9,16H2,1-2H3,(H,18,19). The lowest BCUT2D eigenvalue weighted by Gasteiger charge is -2.09. The summed E-state index contributed by atoms with van der Waals surface area (Å²) in [4.78, 5) is 16.0. The molecule has 5 nitrogen and oxygen atoms in total. The number of aryl methyl sites for hydroxylation is 1. The fourth-order valence-electron chi connectivity index (χ4n) is 1.86. The smallest absolute Gasteiger partial charge is 0.251 e. The summed E-state index contributed by atoms with van der Waals surface area (Å²) in [6.07, 6.45) is 1.62. The third-order valence-corrected chi connectivity index (χ3v) is 2.91. The lowest BCUT2D eigenvalue weighted by atomic mass is 10.1. The van der Waals surface area contributed by atoms with Gasteiger partial charge in [0.25, 0.3) is 5.91 Å². The van der Waals surface area contributed by atoms with E-state index in [0.717, 1.165) is 11.3 Å². The third-order valence-electron chi connectivity index (χ3n) is 2.91. The summed E-state index contributed by atoms with van der Waals surface area (Å²) in [6, 6.07) is 8.88. The monoisotopic (exact) mass is 271 g/mol. The van der Waals surface area contributed by atoms with Crippen molar-refractivity contribution in [3.8, 4) is 5.75 Å². The summed E-state index contributed by atoms with van der Waals surface area (Å²) in [6.45, 7) is 2.26. The van der Waals surface area contributed by atoms with Crippen LogP contribution in [-0.4, -0.2) is 18.0 Å². The number of nitrogens with zero attached hydrogens (tertiary/aromatic N) is 1. The largest absolute Gasteiger partial charge is 0.495 e. The molecule has 0 bridgehead atoms. The zero-order chi connectivity index (χ0) is 14.5. The van der Waals surface area contributed by atoms with Gasteiger partial charge in [-0.25, -0.2) is 0 Å². The van der Waals surface area contributed by atoms with Crippen molar-refractivity contribution in [3.05, 3.63) is 53.3 Å². The maximum absolute atomic E-state index is 12.0. The molecule has 2 rings (SSSR count). The average Bonchev–Trinajstić information content (AvgIpc) is 2.45. The second-order valence-corrected chi connectivity index (χ2v) is 4.44. The number of methoxy groups -OCH3 is 1. The van der Waals surface area contributed by atoms with Crippen molar-refractivity contribution in [3.63, 3.8) is 0 Å². The van der Waals surface area contributed by atoms with E-state index >= 15 is 0 Å². The molecule has 0 aliphatic rings. The van der Waals surface area contributed by atoms with Gasteiger partial charge in [-0.1, -0.05) is 6.07 Å². The van der Waals surface area contributed by atoms with Gasteiger partial charge in [-0.05, 0) is 36.8 Å². The summed E-state index contributed by atoms with van der Waals surface area (Å²) in [5.74, 6) is 0.495. The predicted octanol–water partition coefficient (Wildman–Crippen LogP) is 1.91. The first-order chi connectivity index (χ1) is 9.60. The van der Waals surface area contributed by atoms with Gasteiger partial charge in [0.2, 0.25) is 0 Å². The molecule has 0 atom stereocenters. The van der Waals surface area contributed by atoms with Crippen molar-refractivity contribution in [1.29, 1.82) is 0 Å². The molecule has 0 spiro atoms. The van der Waals surface area contributed by atoms with Gasteiger partial charge in [0.1, 0.15) is 5.75 Å². The molecule has 2 aromatic rings. The summed E-state index contributed by atoms with van der Waals surface area (Å²) < 4.78 is 5.09. The highest BCUT2D eigenvalue weighted by Crippen LogP contribution is 2.21. The minimum absolute atomic E-state index is 0.134. The van der Waals surface area contributed by atoms with E-state index < -0.39 is 0 Å². The number of rotatable bonds is 4. The highest BCUT2D eigenvalue weighted by Gasteiger charge is 2.06. The Morgan fingerprint density at radius 1 is 1.35 bits per heavy atom. The van der Waals surface area contributed by atoms with Gasteiger partial charge in [-0.3, -0.25) is 9.78 Å². The summed E-state index contributed by atoms with van der Waals surface area (Å²) in [5, 5.41) is 2.84. The first-order valence-electron chi connectivity index (χ1n) is 6.23. The Labute approximate surface area is 117 Å². The maximum atomic E-state index is 12.0. The molecule has 1 amide bonds. The lowest BCUT2D eigenvalue weighted by Crippen LogP contribution is -2.23. The Morgan fingerprint density at radius 3 is 2.80 bits per heavy atom. The summed E-state index contributed by atoms with van der Waals surface area (Å²) >= 11 is 0. The molecule has 1 aromatic carbocycles. The van der Waals surface area contributed by atoms with Crippen molar-refractivity contribution in [1.82, 2.24) is 10.3 Å². The van der Waals surface area contributed by atoms with Crippen LogP contribution in [0.25, 0.3) is 0 Å². The van der Waals surface area contributed by atoms with Crippen LogP contribution in [0.1, 0.15) is 21.6 Å². The van der Waals surface area contributed by atoms with E-state index in [0.29, 0.717) is 23.5 Å². The number of amides is 1. The van der Waals surface area contributed by atoms with E-state index in [4.69, 9.17) is 10.5 Å². The molecule has 0 aliphatic heterocycles. The number of nitrogen functional groups attached to an aromatic ring is 1. The van der Waals surface area contributed by atoms with Crippen LogP contribution in [0.3, 0.4) is 0 Å². The third kappa shape index (κ3) is 3.26. The minimum atomic E-state index is -0.134. The Morgan fingerprint density at radius 2 is 2.15 bits per heavy atom. The van der Waals surface area contributed by atoms with Gasteiger partial charge < -0.3 is 15.8 Å². The van der Waals surface area contributed by atoms with Crippen LogP contribution >= 0.6 is 0 Å². The van der Waals surface area contributed by atoms with E-state index in [9.17, 15) is 4.79 Å². The van der Waals surface area contributed by atoms with Gasteiger partial charge in [-0.15, -0.1) is 0 Å². The van der Waals surface area contributed by atoms with Crippen molar-refractivity contribution >= 4 is 11.6 Å². The maximum Gasteiger partial charge on any atom is 0.251 e. The highest BCUT2D eigenvalue weighted by molar-refractivity contribution is 5.94. The number of benzene rings is 1. The van der Waals surface area contributed by atoms with Gasteiger partial charge in [0.05, 0.1) is 12.8 Å². The number of carbonyl (C=O) groups excluding carboxylic acids is 1. The van der Waals surface area contributed by atoms with E-state index in [1.807, 2.05) is 13.0 Å². The molecule has 0 saturated carbocycles. The summed E-state index contributed by atoms with van der Waals surface area (Å²) in [5.41, 5.74) is 8.70. The van der Waals surface area contributed by atoms with E-state index in [2.05, 4.69) is 10.3 Å². The molecule has 0 aliphatic carbocycles. The van der Waals surface area contributed by atoms with Crippen LogP contribution in [0.2, 0.25) is 0 Å². The number of carbonyl (C=O) groups is 1. The number of aromatic nitrogens is 1. The molecule has 0 fully saturated rings. The Bertz CT molecular complexity index is 626. The van der Waals surface area contributed by atoms with Crippen LogP contribution in [-0.2, 0) is 6.54 Å². The molecule has 1 aromatic heterocycles. The topological polar surface area (TPSA) is 77.2 Å². The second kappa shape index (κ2) is 6.06. The SMILES string of the molecule is COc1ccc(CNC(=O)c2ccnc(C)c2)cc1N. The summed E-state index contributed by atoms with van der Waals surface area (Å²) in [7, 11) is 1.57. The quantitative estimate of drug-likeness (QED) is 0.833. The zero-order valence-corrected chi connectivity index (χ0v) is 11.5. The normalized spacial score (nSPS) is 10.1. The molecule has 0 saturated heterocycles. The fourth-order valence-corrected chi connectivity index (χ4v) is 1.86. The van der Waals surface area contributed by atoms with Crippen LogP contribution in [0.4, 0.5) is 5.69 Å². The second-order valence-electron chi connectivity index (χ2n) is 4.44. The first kappa shape index (κ1) is 13.9. The van der Waals surface area contributed by atoms with E-state index in [1.54, 1.807) is 37.6 Å². The number of hydrogen-bond donors (Lipinski definition) is 2. The van der Waals surface area contributed by atoms with E-state index in [1.165, 1.54) is 0 Å². The van der Waals surface area contributed by atoms with Crippen molar-refractivity contribution in [2.24, 2.45) is 0 Å². The minimum Gasteiger partial charge on any atom is -0.495 e. The Balaban J connectivity index is 2.02. The molecule has 0 radical (unpaired) electrons. The highest BCUT2D eigenvalue weighted by atomic mass is 16.5. The zero-order valence-electron chi connectivity index (χ0n) is 11.5. The van der Waals surface area contributed by atoms with Crippen LogP contribution in [0.5, 0.6) is 5.75 Å². The van der Waals surface area contributed by atoms with Crippen LogP contribution in [0.15, 0.2) is 36.5 Å². The molecule has 3 N–H and O–H groups in total. The Hall–Kier alpha value is -2.56. The number of hydrogen-bond acceptors (Lipinski definition) is 4. The van der Waals surface area contributed by atoms with Gasteiger partial charge >= 0.3 is 0 Å². The number of pyridine rings is 1. The van der Waals surface area contributed by atoms with Crippen molar-refractivity contribution in [2.75, 3.05) is 12.8 Å². The van der Waals surface area contributed by atoms with Gasteiger partial charge in [-0.2, -0.15) is 0 Å². The molecule has 1 heterocycles. The van der Waals surface area contributed by atoms with Crippen LogP contribution < -0.4 is 15.8 Å². The van der Waals surface area contributed by atoms with E-state index in [-0.39, 0.29) is 5.91 Å². The number of nitrogens with one attached hydrogen (secondary N) is 1. The molecule has 5 heteroatoms. The molecular weight excluding hydrogens is 254 g/mol. The molecule has 0 unspecified atom stereocenters. The van der Waals surface area contributed by atoms with Gasteiger partial charge in [0, 0.05) is 24.0 Å². The van der Waals surface area contributed by atoms with Crippen molar-refractivity contribution in [2.45, 2.75) is 13.5 Å². The molecule has 20 heavy (non-hydrogen) atoms. The molecule has 104 valence electrons. The van der Waals surface area contributed by atoms with Gasteiger partial charge in [0.15, 0.2) is 0 Å². The van der Waals surface area contributed by atoms with Crippen LogP contribution in [0, 0.1) is 6.92 Å². The number of anilines is 1. The lowest BCUT2D eigenvalue weighted by molar-refractivity contribution is 0.0950. The fraction of sp³-hybridized carbons (Fsp3) is 0.200. The first-order valence-corrected chi connectivity index (χ1v) is 6.23. The van der Waals surface area contributed by atoms with Crippen molar-refractivity contribution < 1.29 is 9.53 Å². The number of nitrogens with two attached hydrogens (primary N) is 1. The predicted molar refractivity (Wildman–Crippen MR) is 77.6 cm³/mol. The number of ether oxygens (including phenoxy) is 1. The average molecular weight is 271 g/mol.